The first kappa shape index (κ1) is 9.97. The van der Waals surface area contributed by atoms with Crippen LogP contribution < -0.4 is 5.32 Å². The standard InChI is InChI=1S/C8H7N2O2.Li/c1-6-2-7(4-9-3-6)10-8(12)5-11;/h2-4H,1H3,(H,10,12);. The van der Waals surface area contributed by atoms with E-state index in [0.717, 1.165) is 5.56 Å². The number of carbonyl (C=O) groups is 2. The summed E-state index contributed by atoms with van der Waals surface area (Å²) in [5.41, 5.74) is 1.47. The van der Waals surface area contributed by atoms with Gasteiger partial charge in [0.2, 0.25) is 0 Å². The van der Waals surface area contributed by atoms with Crippen molar-refractivity contribution in [3.8, 4) is 0 Å². The minimum absolute atomic E-state index is 0.512. The maximum atomic E-state index is 10.9. The molecule has 1 N–H and O–H groups in total. The van der Waals surface area contributed by atoms with Gasteiger partial charge in [-0.1, -0.05) is 0 Å². The number of hydrogen-bond donors (Lipinski definition) is 1. The molecular weight excluding hydrogens is 163 g/mol. The Morgan fingerprint density at radius 2 is 2.15 bits per heavy atom. The molecule has 1 aromatic rings. The molecule has 13 heavy (non-hydrogen) atoms. The summed E-state index contributed by atoms with van der Waals surface area (Å²) in [7, 11) is 0. The zero-order valence-electron chi connectivity index (χ0n) is 7.50. The summed E-state index contributed by atoms with van der Waals surface area (Å²) in [4.78, 5) is 25.4. The summed E-state index contributed by atoms with van der Waals surface area (Å²) in [5, 5.41) is 2.43. The Morgan fingerprint density at radius 3 is 2.69 bits per heavy atom. The van der Waals surface area contributed by atoms with Crippen LogP contribution in [0.15, 0.2) is 18.5 Å². The van der Waals surface area contributed by atoms with Gasteiger partial charge in [0, 0.05) is 0 Å². The third-order valence-electron chi connectivity index (χ3n) is 1.45. The number of aryl methyl sites for hydroxylation is 1. The van der Waals surface area contributed by atoms with Gasteiger partial charge >= 0.3 is 84.6 Å². The number of pyridine rings is 1. The van der Waals surface area contributed by atoms with Crippen molar-refractivity contribution in [3.63, 3.8) is 0 Å². The fourth-order valence-corrected chi connectivity index (χ4v) is 0.842. The van der Waals surface area contributed by atoms with Gasteiger partial charge in [-0.3, -0.25) is 0 Å². The van der Waals surface area contributed by atoms with E-state index in [4.69, 9.17) is 0 Å². The zero-order chi connectivity index (χ0) is 9.84. The summed E-state index contributed by atoms with van der Waals surface area (Å²) in [6.07, 6.45) is 3.16. The Kier molecular flexibility index (Phi) is 3.23. The van der Waals surface area contributed by atoms with Crippen LogP contribution in [0.4, 0.5) is 5.69 Å². The molecule has 0 saturated carbocycles. The van der Waals surface area contributed by atoms with E-state index in [0.29, 0.717) is 5.69 Å². The van der Waals surface area contributed by atoms with E-state index >= 15 is 0 Å². The van der Waals surface area contributed by atoms with Crippen LogP contribution in [0.1, 0.15) is 5.56 Å². The van der Waals surface area contributed by atoms with Crippen LogP contribution in [-0.2, 0) is 9.59 Å². The van der Waals surface area contributed by atoms with Crippen LogP contribution in [0.5, 0.6) is 0 Å². The molecule has 0 radical (unpaired) electrons. The number of aromatic nitrogens is 1. The monoisotopic (exact) mass is 170 g/mol. The fourth-order valence-electron chi connectivity index (χ4n) is 0.842. The van der Waals surface area contributed by atoms with Crippen LogP contribution in [0.25, 0.3) is 0 Å². The second-order valence-electron chi connectivity index (χ2n) is 2.76. The molecular formula is C8H7LiN2O2. The Hall–Kier alpha value is -1.11. The average molecular weight is 170 g/mol. The molecule has 0 fully saturated rings. The topological polar surface area (TPSA) is 59.1 Å². The van der Waals surface area contributed by atoms with E-state index in [9.17, 15) is 9.59 Å². The minimum atomic E-state index is -0.618. The summed E-state index contributed by atoms with van der Waals surface area (Å²) in [6, 6.07) is 1.74. The number of nitrogens with zero attached hydrogens (tertiary/aromatic N) is 1. The van der Waals surface area contributed by atoms with Crippen molar-refractivity contribution >= 4 is 33.8 Å². The van der Waals surface area contributed by atoms with Crippen molar-refractivity contribution < 1.29 is 9.59 Å². The van der Waals surface area contributed by atoms with Gasteiger partial charge in [0.25, 0.3) is 0 Å². The molecule has 0 aliphatic carbocycles. The number of hydrogen-bond acceptors (Lipinski definition) is 3. The van der Waals surface area contributed by atoms with E-state index in [-0.39, 0.29) is 0 Å². The van der Waals surface area contributed by atoms with Gasteiger partial charge in [-0.15, -0.1) is 0 Å². The van der Waals surface area contributed by atoms with E-state index in [1.54, 1.807) is 12.3 Å². The average Bonchev–Trinajstić information content (AvgIpc) is 2.04. The van der Waals surface area contributed by atoms with Crippen molar-refractivity contribution in [1.82, 2.24) is 4.98 Å². The summed E-state index contributed by atoms with van der Waals surface area (Å²) in [6.45, 7) is 1.86. The Balaban J connectivity index is 2.75. The molecule has 1 heterocycles. The van der Waals surface area contributed by atoms with Crippen molar-refractivity contribution in [2.75, 3.05) is 5.32 Å². The molecule has 1 rings (SSSR count). The summed E-state index contributed by atoms with van der Waals surface area (Å²) >= 11 is 1.22. The zero-order valence-corrected chi connectivity index (χ0v) is 7.50. The molecule has 1 amide bonds. The van der Waals surface area contributed by atoms with Gasteiger partial charge in [0.1, 0.15) is 0 Å². The van der Waals surface area contributed by atoms with Gasteiger partial charge in [-0.2, -0.15) is 0 Å². The van der Waals surface area contributed by atoms with Crippen LogP contribution in [0.3, 0.4) is 0 Å². The molecule has 0 bridgehead atoms. The first-order chi connectivity index (χ1) is 6.09. The van der Waals surface area contributed by atoms with Crippen LogP contribution >= 0.6 is 0 Å². The molecule has 0 aromatic carbocycles. The van der Waals surface area contributed by atoms with Crippen molar-refractivity contribution in [2.24, 2.45) is 0 Å². The van der Waals surface area contributed by atoms with Crippen molar-refractivity contribution in [2.45, 2.75) is 6.92 Å². The first-order valence-corrected chi connectivity index (χ1v) is 3.83. The number of amides is 1. The first-order valence-electron chi connectivity index (χ1n) is 3.83. The molecule has 0 atom stereocenters. The Labute approximate surface area is 84.9 Å². The van der Waals surface area contributed by atoms with Crippen LogP contribution in [0.2, 0.25) is 0 Å². The SMILES string of the molecule is [Li][C](=O)C(=O)Nc1cncc(C)c1. The van der Waals surface area contributed by atoms with E-state index in [1.807, 2.05) is 6.92 Å². The molecule has 0 saturated heterocycles. The molecule has 0 aliphatic rings. The molecule has 0 aliphatic heterocycles. The number of rotatable bonds is 2. The summed E-state index contributed by atoms with van der Waals surface area (Å²) < 4.78 is -0.512. The third-order valence-corrected chi connectivity index (χ3v) is 1.45. The van der Waals surface area contributed by atoms with E-state index < -0.39 is 10.4 Å². The van der Waals surface area contributed by atoms with Gasteiger partial charge < -0.3 is 0 Å². The van der Waals surface area contributed by atoms with Crippen LogP contribution in [0, 0.1) is 6.92 Å². The number of anilines is 1. The van der Waals surface area contributed by atoms with Crippen LogP contribution in [-0.4, -0.2) is 33.1 Å². The van der Waals surface area contributed by atoms with Gasteiger partial charge in [0.15, 0.2) is 0 Å². The quantitative estimate of drug-likeness (QED) is 0.503. The molecule has 0 spiro atoms. The third kappa shape index (κ3) is 3.02. The van der Waals surface area contributed by atoms with Crippen molar-refractivity contribution in [3.05, 3.63) is 24.0 Å². The second kappa shape index (κ2) is 4.22. The fraction of sp³-hybridized carbons (Fsp3) is 0.125. The van der Waals surface area contributed by atoms with Gasteiger partial charge in [-0.25, -0.2) is 0 Å². The second-order valence-corrected chi connectivity index (χ2v) is 2.76. The number of carbonyl (C=O) groups excluding carboxylic acids is 2. The maximum absolute atomic E-state index is 10.9. The van der Waals surface area contributed by atoms with Gasteiger partial charge in [0.05, 0.1) is 0 Å². The molecule has 1 aromatic heterocycles. The summed E-state index contributed by atoms with van der Waals surface area (Å²) in [5.74, 6) is -0.618. The van der Waals surface area contributed by atoms with Crippen molar-refractivity contribution in [1.29, 1.82) is 0 Å². The molecule has 4 nitrogen and oxygen atoms in total. The normalized spacial score (nSPS) is 9.46. The number of nitrogens with one attached hydrogen (secondary N) is 1. The Morgan fingerprint density at radius 1 is 1.46 bits per heavy atom. The predicted octanol–water partition coefficient (Wildman–Crippen LogP) is 0.0236. The molecule has 0 unspecified atom stereocenters. The molecule has 5 heteroatoms. The van der Waals surface area contributed by atoms with E-state index in [1.165, 1.54) is 23.9 Å². The van der Waals surface area contributed by atoms with Gasteiger partial charge in [-0.05, 0) is 0 Å². The van der Waals surface area contributed by atoms with E-state index in [2.05, 4.69) is 10.3 Å². The Bertz CT molecular complexity index is 352. The molecule has 62 valence electrons. The predicted molar refractivity (Wildman–Crippen MR) is 48.4 cm³/mol.